The van der Waals surface area contributed by atoms with Gasteiger partial charge in [0.1, 0.15) is 5.75 Å². The first-order chi connectivity index (χ1) is 12.6. The summed E-state index contributed by atoms with van der Waals surface area (Å²) in [5.41, 5.74) is 1.02. The second-order valence-corrected chi connectivity index (χ2v) is 8.20. The number of nitrogens with one attached hydrogen (secondary N) is 2. The molecule has 0 bridgehead atoms. The zero-order valence-electron chi connectivity index (χ0n) is 15.4. The number of ether oxygens (including phenoxy) is 1. The maximum atomic E-state index is 12.4. The predicted molar refractivity (Wildman–Crippen MR) is 103 cm³/mol. The van der Waals surface area contributed by atoms with Crippen LogP contribution in [-0.4, -0.2) is 54.1 Å². The van der Waals surface area contributed by atoms with E-state index < -0.39 is 0 Å². The van der Waals surface area contributed by atoms with Crippen LogP contribution < -0.4 is 15.4 Å². The lowest BCUT2D eigenvalue weighted by Gasteiger charge is -2.19. The lowest BCUT2D eigenvalue weighted by Crippen LogP contribution is -2.36. The highest BCUT2D eigenvalue weighted by Crippen LogP contribution is 2.33. The minimum absolute atomic E-state index is 0.0431. The highest BCUT2D eigenvalue weighted by Gasteiger charge is 2.42. The van der Waals surface area contributed by atoms with Crippen LogP contribution in [0.1, 0.15) is 31.2 Å². The summed E-state index contributed by atoms with van der Waals surface area (Å²) >= 11 is 1.92. The number of unbranched alkanes of at least 4 members (excludes halogenated alkanes) is 1. The summed E-state index contributed by atoms with van der Waals surface area (Å²) in [4.78, 5) is 25.5. The summed E-state index contributed by atoms with van der Waals surface area (Å²) in [7, 11) is 3.49. The van der Waals surface area contributed by atoms with Gasteiger partial charge in [0.2, 0.25) is 5.91 Å². The zero-order valence-corrected chi connectivity index (χ0v) is 16.2. The number of carbonyl (C=O) groups is 2. The average molecular weight is 378 g/mol. The van der Waals surface area contributed by atoms with E-state index in [1.165, 1.54) is 0 Å². The molecule has 3 rings (SSSR count). The number of nitrogens with zero attached hydrogens (tertiary/aromatic N) is 1. The molecule has 0 spiro atoms. The van der Waals surface area contributed by atoms with Crippen LogP contribution in [0.5, 0.6) is 5.75 Å². The maximum absolute atomic E-state index is 12.4. The molecule has 142 valence electrons. The third-order valence-electron chi connectivity index (χ3n) is 5.09. The second kappa shape index (κ2) is 8.66. The van der Waals surface area contributed by atoms with E-state index in [2.05, 4.69) is 10.6 Å². The van der Waals surface area contributed by atoms with Gasteiger partial charge >= 0.3 is 6.03 Å². The number of thioether (sulfide) groups is 1. The van der Waals surface area contributed by atoms with E-state index in [1.807, 2.05) is 43.1 Å². The molecule has 6 nitrogen and oxygen atoms in total. The van der Waals surface area contributed by atoms with Crippen LogP contribution in [-0.2, 0) is 11.3 Å². The Morgan fingerprint density at radius 2 is 2.12 bits per heavy atom. The standard InChI is InChI=1S/C19H27N3O3S/c1-22(11-13-7-3-4-8-15(13)25-2)17(23)10-6-5-9-16-18-14(12-26-16)20-19(24)21-18/h3-4,7-8,14,16,18H,5-6,9-12H2,1-2H3,(H2,20,21,24)/t14-,16-,18-/m0/s1. The van der Waals surface area contributed by atoms with Crippen molar-refractivity contribution in [3.63, 3.8) is 0 Å². The number of carbonyl (C=O) groups excluding carboxylic acids is 2. The minimum atomic E-state index is -0.0431. The topological polar surface area (TPSA) is 70.7 Å². The molecule has 2 saturated heterocycles. The smallest absolute Gasteiger partial charge is 0.315 e. The van der Waals surface area contributed by atoms with E-state index in [9.17, 15) is 9.59 Å². The van der Waals surface area contributed by atoms with Crippen molar-refractivity contribution in [1.82, 2.24) is 15.5 Å². The molecule has 26 heavy (non-hydrogen) atoms. The third-order valence-corrected chi connectivity index (χ3v) is 6.60. The van der Waals surface area contributed by atoms with E-state index in [-0.39, 0.29) is 24.0 Å². The highest BCUT2D eigenvalue weighted by atomic mass is 32.2. The van der Waals surface area contributed by atoms with Crippen molar-refractivity contribution in [2.75, 3.05) is 19.9 Å². The van der Waals surface area contributed by atoms with Crippen LogP contribution in [0, 0.1) is 0 Å². The summed E-state index contributed by atoms with van der Waals surface area (Å²) in [6.45, 7) is 0.558. The van der Waals surface area contributed by atoms with Gasteiger partial charge in [0, 0.05) is 36.6 Å². The van der Waals surface area contributed by atoms with E-state index >= 15 is 0 Å². The molecule has 2 aliphatic heterocycles. The maximum Gasteiger partial charge on any atom is 0.315 e. The lowest BCUT2D eigenvalue weighted by molar-refractivity contribution is -0.130. The Morgan fingerprint density at radius 1 is 1.31 bits per heavy atom. The Labute approximate surface area is 159 Å². The third kappa shape index (κ3) is 4.44. The molecule has 3 atom stereocenters. The number of methoxy groups -OCH3 is 1. The SMILES string of the molecule is COc1ccccc1CN(C)C(=O)CCCC[C@@H]1SC[C@@H]2NC(=O)N[C@@H]21. The number of urea groups is 1. The van der Waals surface area contributed by atoms with E-state index in [0.717, 1.165) is 36.3 Å². The molecule has 2 N–H and O–H groups in total. The van der Waals surface area contributed by atoms with Gasteiger partial charge < -0.3 is 20.3 Å². The molecule has 2 aliphatic rings. The second-order valence-electron chi connectivity index (χ2n) is 6.93. The molecule has 2 heterocycles. The van der Waals surface area contributed by atoms with Crippen molar-refractivity contribution >= 4 is 23.7 Å². The first kappa shape index (κ1) is 18.9. The van der Waals surface area contributed by atoms with Crippen LogP contribution in [0.3, 0.4) is 0 Å². The fourth-order valence-corrected chi connectivity index (χ4v) is 5.18. The summed E-state index contributed by atoms with van der Waals surface area (Å²) in [6.07, 6.45) is 3.48. The van der Waals surface area contributed by atoms with Gasteiger partial charge in [-0.15, -0.1) is 0 Å². The number of amides is 3. The van der Waals surface area contributed by atoms with Crippen LogP contribution in [0.25, 0.3) is 0 Å². The zero-order chi connectivity index (χ0) is 18.5. The summed E-state index contributed by atoms with van der Waals surface area (Å²) in [5, 5.41) is 6.43. The largest absolute Gasteiger partial charge is 0.496 e. The molecule has 0 aliphatic carbocycles. The van der Waals surface area contributed by atoms with Crippen molar-refractivity contribution in [1.29, 1.82) is 0 Å². The summed E-state index contributed by atoms with van der Waals surface area (Å²) in [5.74, 6) is 1.95. The normalized spacial score (nSPS) is 23.9. The Hall–Kier alpha value is -1.89. The lowest BCUT2D eigenvalue weighted by atomic mass is 10.0. The summed E-state index contributed by atoms with van der Waals surface area (Å²) < 4.78 is 5.35. The number of fused-ring (bicyclic) bond motifs is 1. The number of hydrogen-bond acceptors (Lipinski definition) is 4. The minimum Gasteiger partial charge on any atom is -0.496 e. The molecule has 1 aromatic carbocycles. The van der Waals surface area contributed by atoms with Crippen LogP contribution >= 0.6 is 11.8 Å². The number of benzene rings is 1. The number of hydrogen-bond donors (Lipinski definition) is 2. The molecule has 0 aromatic heterocycles. The van der Waals surface area contributed by atoms with Crippen LogP contribution in [0.2, 0.25) is 0 Å². The predicted octanol–water partition coefficient (Wildman–Crippen LogP) is 2.38. The molecular formula is C19H27N3O3S. The number of para-hydroxylation sites is 1. The van der Waals surface area contributed by atoms with Crippen molar-refractivity contribution in [3.8, 4) is 5.75 Å². The van der Waals surface area contributed by atoms with Crippen molar-refractivity contribution in [3.05, 3.63) is 29.8 Å². The first-order valence-corrected chi connectivity index (χ1v) is 10.2. The Bertz CT molecular complexity index is 655. The van der Waals surface area contributed by atoms with E-state index in [1.54, 1.807) is 12.0 Å². The van der Waals surface area contributed by atoms with Crippen LogP contribution in [0.4, 0.5) is 4.79 Å². The van der Waals surface area contributed by atoms with Crippen LogP contribution in [0.15, 0.2) is 24.3 Å². The van der Waals surface area contributed by atoms with E-state index in [0.29, 0.717) is 18.2 Å². The van der Waals surface area contributed by atoms with Gasteiger partial charge in [0.25, 0.3) is 0 Å². The van der Waals surface area contributed by atoms with Gasteiger partial charge in [0.05, 0.1) is 19.2 Å². The molecule has 3 amide bonds. The Balaban J connectivity index is 1.38. The fraction of sp³-hybridized carbons (Fsp3) is 0.579. The number of rotatable bonds is 8. The molecular weight excluding hydrogens is 350 g/mol. The van der Waals surface area contributed by atoms with Gasteiger partial charge in [-0.2, -0.15) is 11.8 Å². The molecule has 0 radical (unpaired) electrons. The molecule has 2 fully saturated rings. The van der Waals surface area contributed by atoms with Crippen molar-refractivity contribution in [2.24, 2.45) is 0 Å². The highest BCUT2D eigenvalue weighted by molar-refractivity contribution is 8.00. The molecule has 0 unspecified atom stereocenters. The van der Waals surface area contributed by atoms with Gasteiger partial charge in [0.15, 0.2) is 0 Å². The fourth-order valence-electron chi connectivity index (χ4n) is 3.63. The summed E-state index contributed by atoms with van der Waals surface area (Å²) in [6, 6.07) is 8.26. The molecule has 7 heteroatoms. The van der Waals surface area contributed by atoms with Crippen molar-refractivity contribution < 1.29 is 14.3 Å². The van der Waals surface area contributed by atoms with E-state index in [4.69, 9.17) is 4.74 Å². The quantitative estimate of drug-likeness (QED) is 0.539. The first-order valence-electron chi connectivity index (χ1n) is 9.13. The van der Waals surface area contributed by atoms with Gasteiger partial charge in [-0.1, -0.05) is 24.6 Å². The average Bonchev–Trinajstić information content (AvgIpc) is 3.18. The molecule has 0 saturated carbocycles. The van der Waals surface area contributed by atoms with Gasteiger partial charge in [-0.05, 0) is 18.9 Å². The van der Waals surface area contributed by atoms with Crippen molar-refractivity contribution in [2.45, 2.75) is 49.6 Å². The monoisotopic (exact) mass is 377 g/mol. The molecule has 1 aromatic rings. The van der Waals surface area contributed by atoms with Gasteiger partial charge in [-0.3, -0.25) is 4.79 Å². The van der Waals surface area contributed by atoms with Gasteiger partial charge in [-0.25, -0.2) is 4.79 Å². The Kier molecular flexibility index (Phi) is 6.29. The Morgan fingerprint density at radius 3 is 2.92 bits per heavy atom.